The zero-order valence-electron chi connectivity index (χ0n) is 19.7. The highest BCUT2D eigenvalue weighted by Crippen LogP contribution is 2.46. The maximum absolute atomic E-state index is 14.8. The predicted molar refractivity (Wildman–Crippen MR) is 132 cm³/mol. The second-order valence-electron chi connectivity index (χ2n) is 7.76. The van der Waals surface area contributed by atoms with Gasteiger partial charge in [0.1, 0.15) is 41.1 Å². The average molecular weight is 558 g/mol. The molecule has 2 unspecified atom stereocenters. The Bertz CT molecular complexity index is 1220. The van der Waals surface area contributed by atoms with Crippen molar-refractivity contribution >= 4 is 26.0 Å². The summed E-state index contributed by atoms with van der Waals surface area (Å²) in [6.45, 7) is -0.591. The Labute approximate surface area is 216 Å². The van der Waals surface area contributed by atoms with Crippen molar-refractivity contribution in [3.8, 4) is 23.0 Å². The van der Waals surface area contributed by atoms with Crippen LogP contribution >= 0.6 is 20.2 Å². The molecule has 2 aromatic carbocycles. The van der Waals surface area contributed by atoms with Crippen LogP contribution in [0.15, 0.2) is 59.5 Å². The molecule has 37 heavy (non-hydrogen) atoms. The van der Waals surface area contributed by atoms with Crippen LogP contribution in [0.1, 0.15) is 12.6 Å². The van der Waals surface area contributed by atoms with Crippen LogP contribution in [-0.2, 0) is 9.26 Å². The fourth-order valence-corrected chi connectivity index (χ4v) is 4.47. The first-order valence-electron chi connectivity index (χ1n) is 10.8. The lowest BCUT2D eigenvalue weighted by Gasteiger charge is -2.22. The van der Waals surface area contributed by atoms with E-state index in [2.05, 4.69) is 4.98 Å². The summed E-state index contributed by atoms with van der Waals surface area (Å²) in [5.74, 6) is -1.60. The fraction of sp³-hybridized carbons (Fsp3) is 0.304. The van der Waals surface area contributed by atoms with Crippen molar-refractivity contribution in [1.29, 1.82) is 0 Å². The molecule has 0 spiro atoms. The van der Waals surface area contributed by atoms with E-state index >= 15 is 0 Å². The molecule has 1 saturated heterocycles. The maximum atomic E-state index is 14.8. The molecule has 14 heteroatoms. The van der Waals surface area contributed by atoms with Crippen molar-refractivity contribution in [3.63, 3.8) is 0 Å². The van der Waals surface area contributed by atoms with Gasteiger partial charge in [-0.25, -0.2) is 13.6 Å². The molecule has 1 aromatic heterocycles. The van der Waals surface area contributed by atoms with Crippen molar-refractivity contribution in [3.05, 3.63) is 70.2 Å². The number of halogens is 3. The molecule has 0 aliphatic carbocycles. The van der Waals surface area contributed by atoms with Crippen molar-refractivity contribution in [2.24, 2.45) is 0 Å². The number of nitrogens with two attached hydrogens (primary N) is 1. The molecular weight excluding hydrogens is 535 g/mol. The molecule has 4 rings (SSSR count). The summed E-state index contributed by atoms with van der Waals surface area (Å²) in [5.41, 5.74) is 4.64. The smallest absolute Gasteiger partial charge is 0.463 e. The molecule has 2 heterocycles. The van der Waals surface area contributed by atoms with Crippen LogP contribution in [0, 0.1) is 0 Å². The van der Waals surface area contributed by atoms with Gasteiger partial charge >= 0.3 is 14.3 Å². The van der Waals surface area contributed by atoms with Crippen molar-refractivity contribution in [1.82, 2.24) is 9.55 Å². The van der Waals surface area contributed by atoms with Crippen LogP contribution in [0.5, 0.6) is 23.0 Å². The van der Waals surface area contributed by atoms with Gasteiger partial charge in [0, 0.05) is 6.20 Å². The van der Waals surface area contributed by atoms with Gasteiger partial charge in [-0.15, -0.1) is 0 Å². The van der Waals surface area contributed by atoms with Crippen molar-refractivity contribution < 1.29 is 36.6 Å². The largest absolute Gasteiger partial charge is 0.497 e. The summed E-state index contributed by atoms with van der Waals surface area (Å²) < 4.78 is 63.5. The zero-order chi connectivity index (χ0) is 26.6. The molecule has 0 amide bonds. The van der Waals surface area contributed by atoms with Gasteiger partial charge in [0.05, 0.1) is 32.3 Å². The van der Waals surface area contributed by atoms with E-state index in [0.717, 1.165) is 10.8 Å². The number of nitrogens with zero attached hydrogens (tertiary/aromatic N) is 2. The van der Waals surface area contributed by atoms with E-state index in [0.29, 0.717) is 23.0 Å². The minimum atomic E-state index is -3.33. The van der Waals surface area contributed by atoms with Gasteiger partial charge in [0.15, 0.2) is 0 Å². The van der Waals surface area contributed by atoms with E-state index in [1.165, 1.54) is 14.2 Å². The lowest BCUT2D eigenvalue weighted by Crippen LogP contribution is -2.32. The van der Waals surface area contributed by atoms with Gasteiger partial charge in [-0.05, 0) is 48.5 Å². The Kier molecular flexibility index (Phi) is 8.33. The summed E-state index contributed by atoms with van der Waals surface area (Å²) in [4.78, 5) is 15.7. The molecule has 10 nitrogen and oxygen atoms in total. The number of benzene rings is 2. The molecule has 0 saturated carbocycles. The van der Waals surface area contributed by atoms with E-state index in [1.54, 1.807) is 48.5 Å². The highest BCUT2D eigenvalue weighted by Gasteiger charge is 2.52. The number of rotatable bonds is 10. The molecule has 1 aliphatic rings. The highest BCUT2D eigenvalue weighted by atomic mass is 35.5. The molecule has 2 N–H and O–H groups in total. The fourth-order valence-electron chi connectivity index (χ4n) is 3.34. The van der Waals surface area contributed by atoms with Crippen LogP contribution < -0.4 is 29.9 Å². The third-order valence-electron chi connectivity index (χ3n) is 5.29. The van der Waals surface area contributed by atoms with E-state index in [1.807, 2.05) is 0 Å². The van der Waals surface area contributed by atoms with Gasteiger partial charge in [-0.1, -0.05) is 11.6 Å². The molecule has 3 aromatic rings. The maximum Gasteiger partial charge on any atom is 0.463 e. The van der Waals surface area contributed by atoms with E-state index < -0.39 is 45.6 Å². The third kappa shape index (κ3) is 6.58. The molecule has 0 bridgehead atoms. The Balaban J connectivity index is 1.48. The van der Waals surface area contributed by atoms with Crippen molar-refractivity contribution in [2.75, 3.05) is 26.6 Å². The third-order valence-corrected chi connectivity index (χ3v) is 6.66. The number of hydrogen-bond donors (Lipinski definition) is 1. The number of methoxy groups -OCH3 is 2. The van der Waals surface area contributed by atoms with Crippen LogP contribution in [0.4, 0.5) is 14.6 Å². The Morgan fingerprint density at radius 3 is 2.08 bits per heavy atom. The normalized spacial score (nSPS) is 18.5. The topological polar surface area (TPSA) is 116 Å². The van der Waals surface area contributed by atoms with Gasteiger partial charge in [0.2, 0.25) is 0 Å². The minimum absolute atomic E-state index is 0.0597. The second-order valence-corrected chi connectivity index (χ2v) is 9.24. The summed E-state index contributed by atoms with van der Waals surface area (Å²) in [5, 5.41) is -0.0597. The van der Waals surface area contributed by atoms with Gasteiger partial charge in [-0.2, -0.15) is 4.98 Å². The molecule has 0 radical (unpaired) electrons. The number of nitrogen functional groups attached to an aromatic ring is 1. The summed E-state index contributed by atoms with van der Waals surface area (Å²) in [6.07, 6.45) is -2.70. The number of anilines is 1. The SMILES string of the molecule is COc1ccc(OP(OCC2OC(n3cc(Cl)c(N)nc3=O)CC2(F)F)Oc2ccc(OC)cc2)cc1. The second kappa shape index (κ2) is 11.5. The number of aromatic nitrogens is 2. The molecule has 1 fully saturated rings. The van der Waals surface area contributed by atoms with E-state index in [4.69, 9.17) is 45.1 Å². The molecule has 2 atom stereocenters. The number of ether oxygens (including phenoxy) is 3. The molecule has 198 valence electrons. The quantitative estimate of drug-likeness (QED) is 0.350. The van der Waals surface area contributed by atoms with Crippen LogP contribution in [0.2, 0.25) is 5.02 Å². The highest BCUT2D eigenvalue weighted by molar-refractivity contribution is 7.42. The first-order valence-corrected chi connectivity index (χ1v) is 12.3. The molecular formula is C23H23ClF2N3O7P. The standard InChI is InChI=1S/C23H23ClF2N3O7P/c1-31-14-3-7-16(8-4-14)35-37(36-17-9-5-15(32-2)6-10-17)33-13-19-23(25,26)11-20(34-19)29-12-18(24)21(27)28-22(29)30/h3-10,12,19-20H,11,13H2,1-2H3,(H2,27,28,30). The number of hydrogen-bond acceptors (Lipinski definition) is 9. The Morgan fingerprint density at radius 1 is 1.05 bits per heavy atom. The molecule has 1 aliphatic heterocycles. The van der Waals surface area contributed by atoms with Gasteiger partial charge in [0.25, 0.3) is 5.92 Å². The zero-order valence-corrected chi connectivity index (χ0v) is 21.3. The summed E-state index contributed by atoms with van der Waals surface area (Å²) in [6, 6.07) is 13.1. The lowest BCUT2D eigenvalue weighted by atomic mass is 10.2. The first kappa shape index (κ1) is 26.9. The Hall–Kier alpha value is -3.18. The Morgan fingerprint density at radius 2 is 1.57 bits per heavy atom. The summed E-state index contributed by atoms with van der Waals surface area (Å²) >= 11 is 5.91. The number of alkyl halides is 2. The first-order chi connectivity index (χ1) is 17.7. The van der Waals surface area contributed by atoms with Crippen LogP contribution in [-0.4, -0.2) is 42.4 Å². The van der Waals surface area contributed by atoms with Crippen LogP contribution in [0.3, 0.4) is 0 Å². The van der Waals surface area contributed by atoms with Crippen LogP contribution in [0.25, 0.3) is 0 Å². The average Bonchev–Trinajstić information content (AvgIpc) is 3.19. The van der Waals surface area contributed by atoms with Crippen molar-refractivity contribution in [2.45, 2.75) is 24.7 Å². The predicted octanol–water partition coefficient (Wildman–Crippen LogP) is 4.82. The van der Waals surface area contributed by atoms with Gasteiger partial charge in [-0.3, -0.25) is 9.09 Å². The van der Waals surface area contributed by atoms with E-state index in [9.17, 15) is 13.6 Å². The lowest BCUT2D eigenvalue weighted by molar-refractivity contribution is -0.0984. The van der Waals surface area contributed by atoms with Gasteiger partial charge < -0.3 is 29.0 Å². The minimum Gasteiger partial charge on any atom is -0.497 e. The van der Waals surface area contributed by atoms with E-state index in [-0.39, 0.29) is 10.8 Å². The summed E-state index contributed by atoms with van der Waals surface area (Å²) in [7, 11) is 0.852. The monoisotopic (exact) mass is 557 g/mol.